The number of carbonyl (C=O) groups is 1. The van der Waals surface area contributed by atoms with Crippen LogP contribution in [-0.4, -0.2) is 17.0 Å². The van der Waals surface area contributed by atoms with Crippen LogP contribution in [0.25, 0.3) is 0 Å². The number of hydrogen-bond donors (Lipinski definition) is 0. The van der Waals surface area contributed by atoms with Crippen molar-refractivity contribution < 1.29 is 9.53 Å². The van der Waals surface area contributed by atoms with Gasteiger partial charge in [-0.25, -0.2) is 0 Å². The van der Waals surface area contributed by atoms with E-state index in [4.69, 9.17) is 16.3 Å². The molecule has 0 aliphatic rings. The van der Waals surface area contributed by atoms with E-state index in [0.29, 0.717) is 27.4 Å². The predicted octanol–water partition coefficient (Wildman–Crippen LogP) is 4.44. The normalized spacial score (nSPS) is 12.3. The lowest BCUT2D eigenvalue weighted by molar-refractivity contribution is 0.0996. The summed E-state index contributed by atoms with van der Waals surface area (Å²) in [6.07, 6.45) is 4.48. The van der Waals surface area contributed by atoms with Gasteiger partial charge in [-0.15, -0.1) is 6.58 Å². The van der Waals surface area contributed by atoms with E-state index >= 15 is 0 Å². The lowest BCUT2D eigenvalue weighted by Gasteiger charge is -2.19. The zero-order valence-electron chi connectivity index (χ0n) is 14.3. The van der Waals surface area contributed by atoms with Crippen molar-refractivity contribution in [2.75, 3.05) is 7.11 Å². The largest absolute Gasteiger partial charge is 0.496 e. The first-order chi connectivity index (χ1) is 11.3. The van der Waals surface area contributed by atoms with E-state index in [1.165, 1.54) is 18.6 Å². The highest BCUT2D eigenvalue weighted by molar-refractivity contribution is 7.04. The number of carbonyl (C=O) groups excluding carboxylic acids is 1. The molecule has 0 unspecified atom stereocenters. The smallest absolute Gasteiger partial charge is 0.282 e. The van der Waals surface area contributed by atoms with Gasteiger partial charge in [0.2, 0.25) is 0 Å². The molecule has 0 aliphatic carbocycles. The first-order valence-corrected chi connectivity index (χ1v) is 8.67. The molecule has 4 nitrogen and oxygen atoms in total. The van der Waals surface area contributed by atoms with Gasteiger partial charge in [-0.05, 0) is 56.9 Å². The summed E-state index contributed by atoms with van der Waals surface area (Å²) < 4.78 is 8.01. The lowest BCUT2D eigenvalue weighted by Crippen LogP contribution is -2.18. The molecule has 0 N–H and O–H groups in total. The number of benzene rings is 1. The third kappa shape index (κ3) is 4.16. The molecule has 24 heavy (non-hydrogen) atoms. The molecule has 1 amide bonds. The minimum absolute atomic E-state index is 0.0782. The molecule has 0 atom stereocenters. The molecule has 1 aromatic heterocycles. The molecule has 2 rings (SSSR count). The number of rotatable bonds is 4. The van der Waals surface area contributed by atoms with Crippen LogP contribution in [0.5, 0.6) is 5.75 Å². The number of amides is 1. The molecule has 1 aromatic carbocycles. The second-order valence-electron chi connectivity index (χ2n) is 6.30. The monoisotopic (exact) mass is 364 g/mol. The first-order valence-electron chi connectivity index (χ1n) is 7.52. The molecule has 0 saturated carbocycles. The van der Waals surface area contributed by atoms with Crippen molar-refractivity contribution in [1.82, 2.24) is 3.96 Å². The summed E-state index contributed by atoms with van der Waals surface area (Å²) in [4.78, 5) is 16.9. The van der Waals surface area contributed by atoms with Crippen LogP contribution in [0.3, 0.4) is 0 Å². The van der Waals surface area contributed by atoms with Gasteiger partial charge < -0.3 is 4.74 Å². The van der Waals surface area contributed by atoms with Crippen molar-refractivity contribution in [3.8, 4) is 5.75 Å². The van der Waals surface area contributed by atoms with Crippen LogP contribution in [0, 0.1) is 0 Å². The van der Waals surface area contributed by atoms with Gasteiger partial charge in [0.15, 0.2) is 0 Å². The molecule has 6 heteroatoms. The molecule has 128 valence electrons. The van der Waals surface area contributed by atoms with E-state index in [1.54, 1.807) is 24.3 Å². The van der Waals surface area contributed by atoms with E-state index in [0.717, 1.165) is 5.56 Å². The number of methoxy groups -OCH3 is 1. The van der Waals surface area contributed by atoms with Gasteiger partial charge in [0.25, 0.3) is 5.91 Å². The number of allylic oxidation sites excluding steroid dienone is 1. The molecular weight excluding hydrogens is 344 g/mol. The van der Waals surface area contributed by atoms with Crippen molar-refractivity contribution >= 4 is 29.0 Å². The Morgan fingerprint density at radius 2 is 2.17 bits per heavy atom. The quantitative estimate of drug-likeness (QED) is 0.753. The first kappa shape index (κ1) is 18.5. The van der Waals surface area contributed by atoms with Crippen molar-refractivity contribution in [3.05, 3.63) is 57.9 Å². The van der Waals surface area contributed by atoms with Gasteiger partial charge in [0, 0.05) is 22.3 Å². The van der Waals surface area contributed by atoms with E-state index < -0.39 is 0 Å². The summed E-state index contributed by atoms with van der Waals surface area (Å²) in [5, 5.41) is 0.469. The van der Waals surface area contributed by atoms with Gasteiger partial charge >= 0.3 is 0 Å². The minimum atomic E-state index is -0.373. The molecule has 1 heterocycles. The molecule has 0 aliphatic heterocycles. The number of ether oxygens (including phenoxy) is 1. The van der Waals surface area contributed by atoms with Gasteiger partial charge in [0.1, 0.15) is 10.4 Å². The van der Waals surface area contributed by atoms with Gasteiger partial charge in [0.05, 0.1) is 12.7 Å². The summed E-state index contributed by atoms with van der Waals surface area (Å²) in [6.45, 7) is 10.1. The number of halogens is 1. The minimum Gasteiger partial charge on any atom is -0.496 e. The van der Waals surface area contributed by atoms with Crippen LogP contribution < -0.4 is 9.41 Å². The Morgan fingerprint density at radius 1 is 1.46 bits per heavy atom. The molecule has 0 fully saturated rings. The zero-order valence-corrected chi connectivity index (χ0v) is 15.9. The van der Waals surface area contributed by atoms with Crippen LogP contribution in [0.4, 0.5) is 0 Å². The standard InChI is InChI=1S/C18H21ClN2O2S/c1-6-7-12-11-21(18(2,3)4)24-17(12)20-16(22)14-10-13(19)8-9-15(14)23-5/h6,8-11H,1,7H2,2-5H3/b20-17-. The Labute approximate surface area is 151 Å². The Bertz CT molecular complexity index is 828. The maximum absolute atomic E-state index is 12.6. The zero-order chi connectivity index (χ0) is 17.9. The van der Waals surface area contributed by atoms with Gasteiger partial charge in [-0.3, -0.25) is 8.75 Å². The predicted molar refractivity (Wildman–Crippen MR) is 99.1 cm³/mol. The number of hydrogen-bond acceptors (Lipinski definition) is 3. The summed E-state index contributed by atoms with van der Waals surface area (Å²) in [6, 6.07) is 4.92. The highest BCUT2D eigenvalue weighted by Gasteiger charge is 2.17. The molecule has 0 saturated heterocycles. The van der Waals surface area contributed by atoms with Crippen molar-refractivity contribution in [2.24, 2.45) is 4.99 Å². The topological polar surface area (TPSA) is 43.6 Å². The molecular formula is C18H21ClN2O2S. The summed E-state index contributed by atoms with van der Waals surface area (Å²) in [5.41, 5.74) is 1.25. The average molecular weight is 365 g/mol. The fourth-order valence-electron chi connectivity index (χ4n) is 2.09. The van der Waals surface area contributed by atoms with E-state index in [9.17, 15) is 4.79 Å². The molecule has 0 radical (unpaired) electrons. The fraction of sp³-hybridized carbons (Fsp3) is 0.333. The highest BCUT2D eigenvalue weighted by atomic mass is 35.5. The highest BCUT2D eigenvalue weighted by Crippen LogP contribution is 2.23. The Kier molecular flexibility index (Phi) is 5.67. The van der Waals surface area contributed by atoms with E-state index in [1.807, 2.05) is 6.20 Å². The second-order valence-corrected chi connectivity index (χ2v) is 7.70. The van der Waals surface area contributed by atoms with Crippen LogP contribution in [-0.2, 0) is 12.0 Å². The number of nitrogens with zero attached hydrogens (tertiary/aromatic N) is 2. The second kappa shape index (κ2) is 7.36. The summed E-state index contributed by atoms with van der Waals surface area (Å²) in [5.74, 6) is 0.0845. The molecule has 0 spiro atoms. The third-order valence-corrected chi connectivity index (χ3v) is 4.96. The van der Waals surface area contributed by atoms with Crippen LogP contribution in [0.1, 0.15) is 36.7 Å². The van der Waals surface area contributed by atoms with Gasteiger partial charge in [-0.2, -0.15) is 4.99 Å². The average Bonchev–Trinajstić information content (AvgIpc) is 2.90. The maximum atomic E-state index is 12.6. The van der Waals surface area contributed by atoms with Crippen LogP contribution in [0.15, 0.2) is 42.0 Å². The summed E-state index contributed by atoms with van der Waals surface area (Å²) in [7, 11) is 1.52. The maximum Gasteiger partial charge on any atom is 0.282 e. The third-order valence-electron chi connectivity index (χ3n) is 3.35. The van der Waals surface area contributed by atoms with E-state index in [2.05, 4.69) is 36.3 Å². The van der Waals surface area contributed by atoms with E-state index in [-0.39, 0.29) is 11.4 Å². The lowest BCUT2D eigenvalue weighted by atomic mass is 10.1. The Hall–Kier alpha value is -1.85. The SMILES string of the molecule is C=CCc1cn(C(C)(C)C)s/c1=N\C(=O)c1cc(Cl)ccc1OC. The molecule has 2 aromatic rings. The fourth-order valence-corrected chi connectivity index (χ4v) is 3.28. The Balaban J connectivity index is 2.54. The molecule has 0 bridgehead atoms. The van der Waals surface area contributed by atoms with Crippen LogP contribution in [0.2, 0.25) is 5.02 Å². The number of aromatic nitrogens is 1. The van der Waals surface area contributed by atoms with Gasteiger partial charge in [-0.1, -0.05) is 17.7 Å². The Morgan fingerprint density at radius 3 is 2.75 bits per heavy atom. The van der Waals surface area contributed by atoms with Crippen molar-refractivity contribution in [2.45, 2.75) is 32.7 Å². The van der Waals surface area contributed by atoms with Crippen molar-refractivity contribution in [1.29, 1.82) is 0 Å². The van der Waals surface area contributed by atoms with Crippen molar-refractivity contribution in [3.63, 3.8) is 0 Å². The summed E-state index contributed by atoms with van der Waals surface area (Å²) >= 11 is 7.46. The van der Waals surface area contributed by atoms with Crippen LogP contribution >= 0.6 is 23.1 Å².